The molecule has 1 aromatic rings. The van der Waals surface area contributed by atoms with Crippen LogP contribution in [0.25, 0.3) is 0 Å². The van der Waals surface area contributed by atoms with Crippen LogP contribution in [0.1, 0.15) is 20.3 Å². The van der Waals surface area contributed by atoms with Crippen molar-refractivity contribution >= 4 is 34.8 Å². The number of hydrogen-bond acceptors (Lipinski definition) is 3. The van der Waals surface area contributed by atoms with Crippen LogP contribution in [0.3, 0.4) is 0 Å². The molecule has 1 fully saturated rings. The first-order valence-corrected chi connectivity index (χ1v) is 8.84. The van der Waals surface area contributed by atoms with Crippen molar-refractivity contribution in [3.05, 3.63) is 28.2 Å². The lowest BCUT2D eigenvalue weighted by molar-refractivity contribution is -0.120. The van der Waals surface area contributed by atoms with Gasteiger partial charge in [-0.15, -0.1) is 0 Å². The molecule has 1 amide bonds. The van der Waals surface area contributed by atoms with Crippen LogP contribution in [-0.4, -0.2) is 55.0 Å². The first-order chi connectivity index (χ1) is 10.9. The van der Waals surface area contributed by atoms with Gasteiger partial charge in [-0.3, -0.25) is 9.69 Å². The van der Waals surface area contributed by atoms with Crippen molar-refractivity contribution in [2.45, 2.75) is 26.3 Å². The number of anilines is 1. The van der Waals surface area contributed by atoms with E-state index in [-0.39, 0.29) is 11.9 Å². The van der Waals surface area contributed by atoms with Gasteiger partial charge < -0.3 is 10.2 Å². The van der Waals surface area contributed by atoms with Gasteiger partial charge in [0.25, 0.3) is 0 Å². The molecule has 0 aromatic heterocycles. The maximum Gasteiger partial charge on any atom is 0.241 e. The number of rotatable bonds is 6. The largest absolute Gasteiger partial charge is 0.323 e. The molecular weight excluding hydrogens is 333 g/mol. The molecule has 1 aliphatic heterocycles. The van der Waals surface area contributed by atoms with Crippen LogP contribution in [0.5, 0.6) is 0 Å². The Morgan fingerprint density at radius 3 is 2.91 bits per heavy atom. The van der Waals surface area contributed by atoms with Gasteiger partial charge in [0.15, 0.2) is 0 Å². The molecule has 1 heterocycles. The fraction of sp³-hybridized carbons (Fsp3) is 0.588. The number of carbonyl (C=O) groups excluding carboxylic acids is 1. The molecule has 0 spiro atoms. The van der Waals surface area contributed by atoms with Crippen LogP contribution in [0.4, 0.5) is 5.69 Å². The Labute approximate surface area is 148 Å². The van der Waals surface area contributed by atoms with Gasteiger partial charge in [-0.2, -0.15) is 0 Å². The average Bonchev–Trinajstić information content (AvgIpc) is 2.98. The van der Waals surface area contributed by atoms with E-state index in [1.165, 1.54) is 0 Å². The van der Waals surface area contributed by atoms with Crippen LogP contribution in [0.15, 0.2) is 18.2 Å². The minimum Gasteiger partial charge on any atom is -0.323 e. The summed E-state index contributed by atoms with van der Waals surface area (Å²) in [6.07, 6.45) is 1.14. The number of benzene rings is 1. The number of hydrogen-bond donors (Lipinski definition) is 1. The van der Waals surface area contributed by atoms with Crippen LogP contribution < -0.4 is 5.32 Å². The van der Waals surface area contributed by atoms with E-state index in [1.54, 1.807) is 18.2 Å². The summed E-state index contributed by atoms with van der Waals surface area (Å²) < 4.78 is 0. The number of carbonyl (C=O) groups is 1. The Morgan fingerprint density at radius 1 is 1.48 bits per heavy atom. The molecule has 2 atom stereocenters. The summed E-state index contributed by atoms with van der Waals surface area (Å²) in [5, 5.41) is 3.94. The van der Waals surface area contributed by atoms with Gasteiger partial charge in [-0.05, 0) is 57.6 Å². The topological polar surface area (TPSA) is 35.6 Å². The van der Waals surface area contributed by atoms with E-state index in [0.717, 1.165) is 32.6 Å². The van der Waals surface area contributed by atoms with E-state index in [1.807, 2.05) is 6.92 Å². The predicted octanol–water partition coefficient (Wildman–Crippen LogP) is 3.59. The predicted molar refractivity (Wildman–Crippen MR) is 97.4 cm³/mol. The van der Waals surface area contributed by atoms with E-state index in [2.05, 4.69) is 29.1 Å². The van der Waals surface area contributed by atoms with E-state index in [4.69, 9.17) is 23.2 Å². The van der Waals surface area contributed by atoms with E-state index in [0.29, 0.717) is 21.7 Å². The average molecular weight is 358 g/mol. The third-order valence-electron chi connectivity index (χ3n) is 4.54. The zero-order chi connectivity index (χ0) is 17.0. The first kappa shape index (κ1) is 18.5. The highest BCUT2D eigenvalue weighted by Crippen LogP contribution is 2.26. The molecular formula is C17H25Cl2N3O. The Kier molecular flexibility index (Phi) is 6.72. The lowest BCUT2D eigenvalue weighted by atomic mass is 10.1. The summed E-state index contributed by atoms with van der Waals surface area (Å²) in [6.45, 7) is 8.17. The Morgan fingerprint density at radius 2 is 2.22 bits per heavy atom. The monoisotopic (exact) mass is 357 g/mol. The van der Waals surface area contributed by atoms with Crippen molar-refractivity contribution in [1.82, 2.24) is 9.80 Å². The maximum absolute atomic E-state index is 12.5. The molecule has 1 saturated heterocycles. The second-order valence-electron chi connectivity index (χ2n) is 6.29. The Hall–Kier alpha value is -0.810. The van der Waals surface area contributed by atoms with Crippen LogP contribution in [0.2, 0.25) is 10.0 Å². The van der Waals surface area contributed by atoms with Gasteiger partial charge in [-0.25, -0.2) is 0 Å². The lowest BCUT2D eigenvalue weighted by Gasteiger charge is -2.24. The summed E-state index contributed by atoms with van der Waals surface area (Å²) in [7, 11) is 2.14. The summed E-state index contributed by atoms with van der Waals surface area (Å²) >= 11 is 12.1. The fourth-order valence-electron chi connectivity index (χ4n) is 2.93. The fourth-order valence-corrected chi connectivity index (χ4v) is 3.27. The number of amides is 1. The maximum atomic E-state index is 12.5. The van der Waals surface area contributed by atoms with Crippen molar-refractivity contribution in [2.24, 2.45) is 5.92 Å². The molecule has 1 N–H and O–H groups in total. The third kappa shape index (κ3) is 5.08. The van der Waals surface area contributed by atoms with Crippen molar-refractivity contribution in [2.75, 3.05) is 38.5 Å². The highest BCUT2D eigenvalue weighted by Gasteiger charge is 2.30. The number of nitrogens with one attached hydrogen (secondary N) is 1. The molecule has 0 radical (unpaired) electrons. The van der Waals surface area contributed by atoms with E-state index in [9.17, 15) is 4.79 Å². The highest BCUT2D eigenvalue weighted by molar-refractivity contribution is 6.35. The molecule has 0 bridgehead atoms. The molecule has 23 heavy (non-hydrogen) atoms. The molecule has 1 aliphatic rings. The summed E-state index contributed by atoms with van der Waals surface area (Å²) in [5.74, 6) is 0.587. The van der Waals surface area contributed by atoms with Crippen LogP contribution in [0, 0.1) is 5.92 Å². The summed E-state index contributed by atoms with van der Waals surface area (Å²) in [6, 6.07) is 4.90. The molecule has 0 saturated carbocycles. The summed E-state index contributed by atoms with van der Waals surface area (Å²) in [4.78, 5) is 17.0. The molecule has 128 valence electrons. The summed E-state index contributed by atoms with van der Waals surface area (Å²) in [5.41, 5.74) is 0.567. The van der Waals surface area contributed by atoms with Gasteiger partial charge in [0.2, 0.25) is 5.91 Å². The normalized spacial score (nSPS) is 20.0. The lowest BCUT2D eigenvalue weighted by Crippen LogP contribution is -2.41. The second kappa shape index (κ2) is 8.34. The van der Waals surface area contributed by atoms with Gasteiger partial charge in [0, 0.05) is 18.1 Å². The van der Waals surface area contributed by atoms with Crippen LogP contribution in [-0.2, 0) is 4.79 Å². The van der Waals surface area contributed by atoms with Crippen molar-refractivity contribution < 1.29 is 4.79 Å². The molecule has 1 aromatic carbocycles. The molecule has 4 nitrogen and oxygen atoms in total. The minimum atomic E-state index is -0.179. The van der Waals surface area contributed by atoms with Crippen molar-refractivity contribution in [3.8, 4) is 0 Å². The van der Waals surface area contributed by atoms with Crippen molar-refractivity contribution in [3.63, 3.8) is 0 Å². The number of nitrogens with zero attached hydrogens (tertiary/aromatic N) is 2. The molecule has 2 rings (SSSR count). The van der Waals surface area contributed by atoms with E-state index >= 15 is 0 Å². The molecule has 0 aliphatic carbocycles. The smallest absolute Gasteiger partial charge is 0.241 e. The zero-order valence-corrected chi connectivity index (χ0v) is 15.5. The second-order valence-corrected chi connectivity index (χ2v) is 7.14. The quantitative estimate of drug-likeness (QED) is 0.844. The van der Waals surface area contributed by atoms with E-state index < -0.39 is 0 Å². The highest BCUT2D eigenvalue weighted by atomic mass is 35.5. The van der Waals surface area contributed by atoms with Crippen molar-refractivity contribution in [1.29, 1.82) is 0 Å². The first-order valence-electron chi connectivity index (χ1n) is 8.09. The zero-order valence-electron chi connectivity index (χ0n) is 14.0. The molecule has 6 heteroatoms. The minimum absolute atomic E-state index is 0.0429. The Bertz CT molecular complexity index is 553. The molecule has 0 unspecified atom stereocenters. The van der Waals surface area contributed by atoms with Crippen LogP contribution >= 0.6 is 23.2 Å². The van der Waals surface area contributed by atoms with Gasteiger partial charge >= 0.3 is 0 Å². The van der Waals surface area contributed by atoms with Gasteiger partial charge in [-0.1, -0.05) is 30.1 Å². The Balaban J connectivity index is 1.91. The standard InChI is InChI=1S/C17H25Cl2N3O/c1-4-21(3)10-13-7-8-22(11-13)12(2)17(23)20-16-9-14(18)5-6-15(16)19/h5-6,9,12-13H,4,7-8,10-11H2,1-3H3,(H,20,23)/t12-,13+/m1/s1. The number of likely N-dealkylation sites (tertiary alicyclic amines) is 1. The van der Waals surface area contributed by atoms with Gasteiger partial charge in [0.1, 0.15) is 0 Å². The SMILES string of the molecule is CCN(C)C[C@@H]1CCN([C@H](C)C(=O)Nc2cc(Cl)ccc2Cl)C1. The third-order valence-corrected chi connectivity index (χ3v) is 5.11. The van der Waals surface area contributed by atoms with Gasteiger partial charge in [0.05, 0.1) is 16.8 Å². The number of halogens is 2.